The van der Waals surface area contributed by atoms with Crippen molar-refractivity contribution < 1.29 is 0 Å². The molecule has 76 valence electrons. The molecule has 2 aromatic heterocycles. The van der Waals surface area contributed by atoms with Crippen LogP contribution in [0.25, 0.3) is 11.5 Å². The van der Waals surface area contributed by atoms with Gasteiger partial charge in [0.2, 0.25) is 0 Å². The lowest BCUT2D eigenvalue weighted by Gasteiger charge is -2.02. The van der Waals surface area contributed by atoms with Gasteiger partial charge in [-0.25, -0.2) is 19.9 Å². The monoisotopic (exact) mass is 220 g/mol. The Hall–Kier alpha value is -1.55. The maximum absolute atomic E-state index is 5.74. The van der Waals surface area contributed by atoms with Gasteiger partial charge in [-0.2, -0.15) is 0 Å². The zero-order valence-corrected chi connectivity index (χ0v) is 8.94. The smallest absolute Gasteiger partial charge is 0.178 e. The largest absolute Gasteiger partial charge is 0.245 e. The topological polar surface area (TPSA) is 51.6 Å². The van der Waals surface area contributed by atoms with Gasteiger partial charge in [-0.3, -0.25) is 0 Å². The Morgan fingerprint density at radius 1 is 1.33 bits per heavy atom. The van der Waals surface area contributed by atoms with Gasteiger partial charge < -0.3 is 0 Å². The standard InChI is InChI=1S/C10H9ClN4/c1-7-4-8(5-11)15-10(14-7)9-2-3-12-6-13-9/h2-4,6H,5H2,1H3. The molecule has 0 aliphatic rings. The van der Waals surface area contributed by atoms with Gasteiger partial charge in [-0.15, -0.1) is 11.6 Å². The molecule has 0 N–H and O–H groups in total. The lowest BCUT2D eigenvalue weighted by Crippen LogP contribution is -1.97. The number of halogens is 1. The predicted octanol–water partition coefficient (Wildman–Crippen LogP) is 1.98. The molecule has 2 rings (SSSR count). The van der Waals surface area contributed by atoms with Crippen LogP contribution >= 0.6 is 11.6 Å². The third-order valence-corrected chi connectivity index (χ3v) is 2.13. The van der Waals surface area contributed by atoms with Crippen molar-refractivity contribution in [2.45, 2.75) is 12.8 Å². The third kappa shape index (κ3) is 2.27. The number of hydrogen-bond donors (Lipinski definition) is 0. The molecule has 0 atom stereocenters. The Bertz CT molecular complexity index is 458. The van der Waals surface area contributed by atoms with Crippen LogP contribution in [-0.4, -0.2) is 19.9 Å². The lowest BCUT2D eigenvalue weighted by atomic mass is 10.3. The number of hydrogen-bond acceptors (Lipinski definition) is 4. The van der Waals surface area contributed by atoms with Crippen molar-refractivity contribution in [1.29, 1.82) is 0 Å². The summed E-state index contributed by atoms with van der Waals surface area (Å²) in [5, 5.41) is 0. The molecular weight excluding hydrogens is 212 g/mol. The van der Waals surface area contributed by atoms with E-state index in [9.17, 15) is 0 Å². The van der Waals surface area contributed by atoms with Gasteiger partial charge in [0.25, 0.3) is 0 Å². The van der Waals surface area contributed by atoms with Crippen molar-refractivity contribution in [3.8, 4) is 11.5 Å². The number of aryl methyl sites for hydroxylation is 1. The summed E-state index contributed by atoms with van der Waals surface area (Å²) in [5.41, 5.74) is 2.40. The van der Waals surface area contributed by atoms with Crippen molar-refractivity contribution in [3.63, 3.8) is 0 Å². The summed E-state index contributed by atoms with van der Waals surface area (Å²) in [4.78, 5) is 16.5. The Kier molecular flexibility index (Phi) is 2.87. The summed E-state index contributed by atoms with van der Waals surface area (Å²) in [6, 6.07) is 3.63. The first kappa shape index (κ1) is 9.98. The van der Waals surface area contributed by atoms with Crippen molar-refractivity contribution in [1.82, 2.24) is 19.9 Å². The van der Waals surface area contributed by atoms with Crippen LogP contribution in [0.1, 0.15) is 11.4 Å². The first-order valence-electron chi connectivity index (χ1n) is 4.46. The van der Waals surface area contributed by atoms with E-state index in [-0.39, 0.29) is 0 Å². The number of alkyl halides is 1. The minimum absolute atomic E-state index is 0.376. The molecule has 0 amide bonds. The van der Waals surface area contributed by atoms with Gasteiger partial charge in [0.05, 0.1) is 11.6 Å². The summed E-state index contributed by atoms with van der Waals surface area (Å²) >= 11 is 5.74. The average molecular weight is 221 g/mol. The fraction of sp³-hybridized carbons (Fsp3) is 0.200. The first-order chi connectivity index (χ1) is 7.29. The maximum Gasteiger partial charge on any atom is 0.178 e. The molecule has 0 aromatic carbocycles. The summed E-state index contributed by atoms with van der Waals surface area (Å²) in [6.07, 6.45) is 3.13. The molecule has 15 heavy (non-hydrogen) atoms. The van der Waals surface area contributed by atoms with Crippen LogP contribution in [-0.2, 0) is 5.88 Å². The molecule has 0 saturated carbocycles. The molecule has 0 fully saturated rings. The quantitative estimate of drug-likeness (QED) is 0.727. The number of nitrogens with zero attached hydrogens (tertiary/aromatic N) is 4. The first-order valence-corrected chi connectivity index (χ1v) is 5.00. The van der Waals surface area contributed by atoms with Crippen LogP contribution in [0.5, 0.6) is 0 Å². The fourth-order valence-corrected chi connectivity index (χ4v) is 1.38. The predicted molar refractivity (Wildman–Crippen MR) is 57.4 cm³/mol. The van der Waals surface area contributed by atoms with Crippen LogP contribution in [0.2, 0.25) is 0 Å². The van der Waals surface area contributed by atoms with Crippen LogP contribution in [0.15, 0.2) is 24.7 Å². The van der Waals surface area contributed by atoms with Crippen molar-refractivity contribution in [2.24, 2.45) is 0 Å². The van der Waals surface area contributed by atoms with Crippen LogP contribution in [0.3, 0.4) is 0 Å². The second kappa shape index (κ2) is 4.31. The van der Waals surface area contributed by atoms with E-state index in [0.29, 0.717) is 17.4 Å². The molecule has 2 heterocycles. The molecule has 2 aromatic rings. The van der Waals surface area contributed by atoms with E-state index in [4.69, 9.17) is 11.6 Å². The van der Waals surface area contributed by atoms with Gasteiger partial charge in [-0.1, -0.05) is 0 Å². The highest BCUT2D eigenvalue weighted by Gasteiger charge is 2.04. The zero-order valence-electron chi connectivity index (χ0n) is 8.18. The Morgan fingerprint density at radius 3 is 2.87 bits per heavy atom. The second-order valence-corrected chi connectivity index (χ2v) is 3.32. The van der Waals surface area contributed by atoms with E-state index < -0.39 is 0 Å². The van der Waals surface area contributed by atoms with Gasteiger partial charge >= 0.3 is 0 Å². The van der Waals surface area contributed by atoms with Gasteiger partial charge in [0.15, 0.2) is 5.82 Å². The molecule has 0 radical (unpaired) electrons. The van der Waals surface area contributed by atoms with Gasteiger partial charge in [0.1, 0.15) is 12.0 Å². The molecule has 0 bridgehead atoms. The third-order valence-electron chi connectivity index (χ3n) is 1.86. The zero-order chi connectivity index (χ0) is 10.7. The number of aromatic nitrogens is 4. The minimum atomic E-state index is 0.376. The van der Waals surface area contributed by atoms with Crippen LogP contribution in [0.4, 0.5) is 0 Å². The Balaban J connectivity index is 2.49. The highest BCUT2D eigenvalue weighted by molar-refractivity contribution is 6.16. The average Bonchev–Trinajstić information content (AvgIpc) is 2.29. The van der Waals surface area contributed by atoms with Crippen LogP contribution < -0.4 is 0 Å². The highest BCUT2D eigenvalue weighted by atomic mass is 35.5. The highest BCUT2D eigenvalue weighted by Crippen LogP contribution is 2.12. The molecule has 0 saturated heterocycles. The van der Waals surface area contributed by atoms with E-state index in [1.807, 2.05) is 13.0 Å². The summed E-state index contributed by atoms with van der Waals surface area (Å²) < 4.78 is 0. The van der Waals surface area contributed by atoms with Gasteiger partial charge in [0, 0.05) is 11.9 Å². The van der Waals surface area contributed by atoms with E-state index in [2.05, 4.69) is 19.9 Å². The van der Waals surface area contributed by atoms with E-state index in [1.165, 1.54) is 6.33 Å². The fourth-order valence-electron chi connectivity index (χ4n) is 1.24. The SMILES string of the molecule is Cc1cc(CCl)nc(-c2ccncn2)n1. The van der Waals surface area contributed by atoms with Crippen LogP contribution in [0, 0.1) is 6.92 Å². The van der Waals surface area contributed by atoms with Gasteiger partial charge in [-0.05, 0) is 19.1 Å². The Morgan fingerprint density at radius 2 is 2.20 bits per heavy atom. The molecule has 5 heteroatoms. The molecule has 0 aliphatic heterocycles. The molecular formula is C10H9ClN4. The van der Waals surface area contributed by atoms with E-state index in [0.717, 1.165) is 11.4 Å². The maximum atomic E-state index is 5.74. The summed E-state index contributed by atoms with van der Waals surface area (Å²) in [7, 11) is 0. The summed E-state index contributed by atoms with van der Waals surface area (Å²) in [6.45, 7) is 1.91. The van der Waals surface area contributed by atoms with Crippen molar-refractivity contribution in [2.75, 3.05) is 0 Å². The van der Waals surface area contributed by atoms with Crippen molar-refractivity contribution in [3.05, 3.63) is 36.0 Å². The second-order valence-electron chi connectivity index (χ2n) is 3.05. The minimum Gasteiger partial charge on any atom is -0.245 e. The number of rotatable bonds is 2. The molecule has 0 aliphatic carbocycles. The van der Waals surface area contributed by atoms with Crippen molar-refractivity contribution >= 4 is 11.6 Å². The molecule has 4 nitrogen and oxygen atoms in total. The molecule has 0 unspecified atom stereocenters. The summed E-state index contributed by atoms with van der Waals surface area (Å²) in [5.74, 6) is 0.967. The Labute approximate surface area is 92.4 Å². The van der Waals surface area contributed by atoms with E-state index >= 15 is 0 Å². The lowest BCUT2D eigenvalue weighted by molar-refractivity contribution is 1.03. The normalized spacial score (nSPS) is 10.3. The van der Waals surface area contributed by atoms with E-state index in [1.54, 1.807) is 12.3 Å². The molecule has 0 spiro atoms.